The smallest absolute Gasteiger partial charge is 0.338 e. The van der Waals surface area contributed by atoms with Crippen molar-refractivity contribution in [1.82, 2.24) is 19.5 Å². The fraction of sp³-hybridized carbons (Fsp3) is 0.190. The molecule has 3 aromatic rings. The van der Waals surface area contributed by atoms with Crippen molar-refractivity contribution in [2.24, 2.45) is 0 Å². The lowest BCUT2D eigenvalue weighted by Gasteiger charge is -2.09. The van der Waals surface area contributed by atoms with Crippen LogP contribution in [0.4, 0.5) is 5.69 Å². The van der Waals surface area contributed by atoms with Crippen molar-refractivity contribution in [3.63, 3.8) is 0 Å². The van der Waals surface area contributed by atoms with Crippen molar-refractivity contribution >= 4 is 45.3 Å². The highest BCUT2D eigenvalue weighted by molar-refractivity contribution is 7.98. The molecule has 0 saturated heterocycles. The summed E-state index contributed by atoms with van der Waals surface area (Å²) in [7, 11) is -3.97. The van der Waals surface area contributed by atoms with Crippen molar-refractivity contribution in [2.45, 2.75) is 23.9 Å². The molecule has 0 aliphatic carbocycles. The average Bonchev–Trinajstić information content (AvgIpc) is 3.17. The second-order valence-corrected chi connectivity index (χ2v) is 9.38. The maximum Gasteiger partial charge on any atom is 0.338 e. The second-order valence-electron chi connectivity index (χ2n) is 6.93. The lowest BCUT2D eigenvalue weighted by atomic mass is 10.2. The minimum Gasteiger partial charge on any atom is -0.452 e. The van der Waals surface area contributed by atoms with Gasteiger partial charge < -0.3 is 10.1 Å². The summed E-state index contributed by atoms with van der Waals surface area (Å²) >= 11 is 1.44. The molecule has 0 fully saturated rings. The first-order valence-corrected chi connectivity index (χ1v) is 12.5. The zero-order valence-electron chi connectivity index (χ0n) is 18.4. The van der Waals surface area contributed by atoms with Crippen LogP contribution >= 0.6 is 11.8 Å². The third-order valence-corrected chi connectivity index (χ3v) is 6.48. The lowest BCUT2D eigenvalue weighted by Crippen LogP contribution is -2.28. The minimum atomic E-state index is -3.97. The normalized spacial score (nSPS) is 11.0. The molecular formula is C21H21N5O6S2. The Morgan fingerprint density at radius 2 is 1.68 bits per heavy atom. The quantitative estimate of drug-likeness (QED) is 0.347. The largest absolute Gasteiger partial charge is 0.452 e. The molecule has 178 valence electrons. The third-order valence-electron chi connectivity index (χ3n) is 4.40. The van der Waals surface area contributed by atoms with Gasteiger partial charge in [-0.15, -0.1) is 10.2 Å². The SMILES string of the molecule is CSc1nnc(C)n1-c1ccc(C(=O)OCC(=O)Nc2ccc(S(=O)(=O)NC(C)=O)cc2)cc1. The Morgan fingerprint density at radius 1 is 1.03 bits per heavy atom. The molecule has 0 radical (unpaired) electrons. The number of nitrogens with zero attached hydrogens (tertiary/aromatic N) is 3. The monoisotopic (exact) mass is 503 g/mol. The summed E-state index contributed by atoms with van der Waals surface area (Å²) in [6, 6.07) is 11.8. The van der Waals surface area contributed by atoms with Gasteiger partial charge in [-0.05, 0) is 61.7 Å². The summed E-state index contributed by atoms with van der Waals surface area (Å²) in [5.74, 6) is -1.29. The number of carbonyl (C=O) groups excluding carboxylic acids is 3. The number of carbonyl (C=O) groups is 3. The number of aryl methyl sites for hydroxylation is 1. The Hall–Kier alpha value is -3.71. The number of ether oxygens (including phenoxy) is 1. The Bertz CT molecular complexity index is 1320. The summed E-state index contributed by atoms with van der Waals surface area (Å²) in [4.78, 5) is 35.3. The highest BCUT2D eigenvalue weighted by atomic mass is 32.2. The van der Waals surface area contributed by atoms with Crippen LogP contribution < -0.4 is 10.0 Å². The number of thioether (sulfide) groups is 1. The highest BCUT2D eigenvalue weighted by Crippen LogP contribution is 2.20. The van der Waals surface area contributed by atoms with Gasteiger partial charge in [0, 0.05) is 18.3 Å². The topological polar surface area (TPSA) is 149 Å². The standard InChI is InChI=1S/C21H21N5O6S2/c1-13-23-24-21(33-3)26(13)17-8-4-15(5-9-17)20(29)32-12-19(28)22-16-6-10-18(11-7-16)34(30,31)25-14(2)27/h4-11H,12H2,1-3H3,(H,22,28)(H,25,27). The van der Waals surface area contributed by atoms with Gasteiger partial charge in [0.25, 0.3) is 15.9 Å². The number of aromatic nitrogens is 3. The minimum absolute atomic E-state index is 0.137. The van der Waals surface area contributed by atoms with Crippen molar-refractivity contribution in [2.75, 3.05) is 18.2 Å². The van der Waals surface area contributed by atoms with E-state index in [4.69, 9.17) is 4.74 Å². The van der Waals surface area contributed by atoms with E-state index in [0.29, 0.717) is 16.7 Å². The second kappa shape index (κ2) is 10.5. The number of sulfonamides is 1. The molecule has 11 nitrogen and oxygen atoms in total. The first-order valence-electron chi connectivity index (χ1n) is 9.77. The number of rotatable bonds is 8. The van der Waals surface area contributed by atoms with Crippen LogP contribution in [-0.2, 0) is 24.3 Å². The molecule has 0 atom stereocenters. The average molecular weight is 504 g/mol. The van der Waals surface area contributed by atoms with E-state index in [1.807, 2.05) is 22.5 Å². The molecule has 0 unspecified atom stereocenters. The van der Waals surface area contributed by atoms with Gasteiger partial charge in [0.2, 0.25) is 5.91 Å². The Labute approximate surface area is 200 Å². The number of nitrogens with one attached hydrogen (secondary N) is 2. The number of amides is 2. The highest BCUT2D eigenvalue weighted by Gasteiger charge is 2.16. The number of hydrogen-bond acceptors (Lipinski definition) is 9. The molecule has 3 rings (SSSR count). The lowest BCUT2D eigenvalue weighted by molar-refractivity contribution is -0.119. The van der Waals surface area contributed by atoms with E-state index in [0.717, 1.165) is 12.6 Å². The van der Waals surface area contributed by atoms with E-state index in [1.54, 1.807) is 24.3 Å². The molecule has 0 aliphatic heterocycles. The summed E-state index contributed by atoms with van der Waals surface area (Å²) in [6.45, 7) is 2.37. The van der Waals surface area contributed by atoms with Gasteiger partial charge in [0.1, 0.15) is 5.82 Å². The van der Waals surface area contributed by atoms with E-state index >= 15 is 0 Å². The molecule has 0 spiro atoms. The zero-order valence-corrected chi connectivity index (χ0v) is 20.1. The molecule has 34 heavy (non-hydrogen) atoms. The first kappa shape index (κ1) is 24.9. The zero-order chi connectivity index (χ0) is 24.9. The van der Waals surface area contributed by atoms with Crippen LogP contribution in [-0.4, -0.2) is 53.8 Å². The van der Waals surface area contributed by atoms with Crippen LogP contribution in [0.3, 0.4) is 0 Å². The summed E-state index contributed by atoms with van der Waals surface area (Å²) in [5, 5.41) is 11.3. The van der Waals surface area contributed by atoms with Gasteiger partial charge in [0.05, 0.1) is 10.5 Å². The van der Waals surface area contributed by atoms with Gasteiger partial charge in [-0.25, -0.2) is 17.9 Å². The van der Waals surface area contributed by atoms with E-state index in [2.05, 4.69) is 15.5 Å². The van der Waals surface area contributed by atoms with Gasteiger partial charge in [-0.3, -0.25) is 14.2 Å². The van der Waals surface area contributed by atoms with Gasteiger partial charge in [-0.1, -0.05) is 11.8 Å². The van der Waals surface area contributed by atoms with Crippen molar-refractivity contribution in [1.29, 1.82) is 0 Å². The van der Waals surface area contributed by atoms with Crippen LogP contribution in [0, 0.1) is 6.92 Å². The van der Waals surface area contributed by atoms with Gasteiger partial charge in [0.15, 0.2) is 11.8 Å². The molecule has 0 aliphatic rings. The number of benzene rings is 2. The molecule has 2 amide bonds. The number of esters is 1. The van der Waals surface area contributed by atoms with E-state index in [-0.39, 0.29) is 10.5 Å². The predicted octanol–water partition coefficient (Wildman–Crippen LogP) is 1.92. The maximum absolute atomic E-state index is 12.3. The Balaban J connectivity index is 1.56. The van der Waals surface area contributed by atoms with Crippen LogP contribution in [0.1, 0.15) is 23.1 Å². The molecule has 2 aromatic carbocycles. The summed E-state index contributed by atoms with van der Waals surface area (Å²) in [6.07, 6.45) is 1.89. The van der Waals surface area contributed by atoms with Gasteiger partial charge in [-0.2, -0.15) is 0 Å². The van der Waals surface area contributed by atoms with Crippen LogP contribution in [0.15, 0.2) is 58.6 Å². The number of hydrogen-bond donors (Lipinski definition) is 2. The summed E-state index contributed by atoms with van der Waals surface area (Å²) in [5.41, 5.74) is 1.34. The van der Waals surface area contributed by atoms with E-state index in [9.17, 15) is 22.8 Å². The van der Waals surface area contributed by atoms with E-state index in [1.165, 1.54) is 36.0 Å². The molecule has 0 saturated carbocycles. The Morgan fingerprint density at radius 3 is 2.26 bits per heavy atom. The molecule has 13 heteroatoms. The molecule has 1 heterocycles. The van der Waals surface area contributed by atoms with Crippen molar-refractivity contribution in [3.8, 4) is 5.69 Å². The van der Waals surface area contributed by atoms with Crippen molar-refractivity contribution in [3.05, 3.63) is 59.9 Å². The maximum atomic E-state index is 12.3. The van der Waals surface area contributed by atoms with Gasteiger partial charge >= 0.3 is 5.97 Å². The van der Waals surface area contributed by atoms with Crippen LogP contribution in [0.25, 0.3) is 5.69 Å². The molecule has 2 N–H and O–H groups in total. The fourth-order valence-corrected chi connectivity index (χ4v) is 4.43. The molecule has 0 bridgehead atoms. The van der Waals surface area contributed by atoms with E-state index < -0.39 is 34.4 Å². The van der Waals surface area contributed by atoms with Crippen molar-refractivity contribution < 1.29 is 27.5 Å². The van der Waals surface area contributed by atoms with Crippen LogP contribution in [0.5, 0.6) is 0 Å². The predicted molar refractivity (Wildman–Crippen MR) is 124 cm³/mol. The molecule has 1 aromatic heterocycles. The molecular weight excluding hydrogens is 482 g/mol. The third kappa shape index (κ3) is 5.99. The summed E-state index contributed by atoms with van der Waals surface area (Å²) < 4.78 is 32.6. The first-order chi connectivity index (χ1) is 16.1. The fourth-order valence-electron chi connectivity index (χ4n) is 2.90. The Kier molecular flexibility index (Phi) is 7.68. The number of anilines is 1. The van der Waals surface area contributed by atoms with Crippen LogP contribution in [0.2, 0.25) is 0 Å².